The summed E-state index contributed by atoms with van der Waals surface area (Å²) in [6.07, 6.45) is -0.586. The first-order chi connectivity index (χ1) is 8.87. The number of hydrogen-bond acceptors (Lipinski definition) is 6. The van der Waals surface area contributed by atoms with Crippen LogP contribution in [0.3, 0.4) is 0 Å². The molecule has 0 aliphatic rings. The highest BCUT2D eigenvalue weighted by Gasteiger charge is 2.36. The maximum Gasteiger partial charge on any atom is 0.428 e. The average molecular weight is 306 g/mol. The van der Waals surface area contributed by atoms with Crippen LogP contribution in [0, 0.1) is 0 Å². The lowest BCUT2D eigenvalue weighted by molar-refractivity contribution is 0.0103. The van der Waals surface area contributed by atoms with Gasteiger partial charge in [0.2, 0.25) is 0 Å². The number of amides is 4. The van der Waals surface area contributed by atoms with Gasteiger partial charge in [-0.25, -0.2) is 14.4 Å². The molecule has 116 valence electrons. The lowest BCUT2D eigenvalue weighted by Crippen LogP contribution is -2.49. The molecule has 0 spiro atoms. The highest BCUT2D eigenvalue weighted by atomic mass is 32.2. The van der Waals surface area contributed by atoms with Crippen molar-refractivity contribution < 1.29 is 23.9 Å². The molecule has 0 atom stereocenters. The van der Waals surface area contributed by atoms with E-state index >= 15 is 0 Å². The monoisotopic (exact) mass is 306 g/mol. The Kier molecular flexibility index (Phi) is 6.33. The highest BCUT2D eigenvalue weighted by molar-refractivity contribution is 7.97. The molecule has 0 aromatic heterocycles. The van der Waals surface area contributed by atoms with Gasteiger partial charge in [0.1, 0.15) is 11.2 Å². The minimum Gasteiger partial charge on any atom is -0.443 e. The van der Waals surface area contributed by atoms with Crippen LogP contribution < -0.4 is 4.72 Å². The van der Waals surface area contributed by atoms with Gasteiger partial charge in [-0.05, 0) is 41.5 Å². The van der Waals surface area contributed by atoms with Crippen molar-refractivity contribution in [1.82, 2.24) is 9.62 Å². The first-order valence-electron chi connectivity index (χ1n) is 5.96. The van der Waals surface area contributed by atoms with Crippen molar-refractivity contribution in [2.45, 2.75) is 52.7 Å². The van der Waals surface area contributed by atoms with Gasteiger partial charge in [-0.15, -0.1) is 4.90 Å². The minimum atomic E-state index is -1.08. The number of imide groups is 3. The quantitative estimate of drug-likeness (QED) is 0.749. The average Bonchev–Trinajstić information content (AvgIpc) is 2.11. The number of nitrogens with one attached hydrogen (secondary N) is 1. The second-order valence-electron chi connectivity index (χ2n) is 5.91. The second-order valence-corrected chi connectivity index (χ2v) is 6.52. The lowest BCUT2D eigenvalue weighted by atomic mass is 10.2. The molecular weight excluding hydrogens is 284 g/mol. The van der Waals surface area contributed by atoms with E-state index in [-0.39, 0.29) is 0 Å². The summed E-state index contributed by atoms with van der Waals surface area (Å²) in [5.74, 6) is 0. The molecule has 1 N–H and O–H groups in total. The zero-order valence-electron chi connectivity index (χ0n) is 12.9. The fourth-order valence-electron chi connectivity index (χ4n) is 0.988. The predicted molar refractivity (Wildman–Crippen MR) is 76.4 cm³/mol. The molecule has 0 aromatic carbocycles. The van der Waals surface area contributed by atoms with E-state index in [1.54, 1.807) is 47.8 Å². The Labute approximate surface area is 123 Å². The van der Waals surface area contributed by atoms with E-state index in [9.17, 15) is 14.4 Å². The second kappa shape index (κ2) is 6.83. The largest absolute Gasteiger partial charge is 0.443 e. The molecule has 0 saturated carbocycles. The van der Waals surface area contributed by atoms with Crippen molar-refractivity contribution in [3.8, 4) is 0 Å². The van der Waals surface area contributed by atoms with Gasteiger partial charge in [-0.2, -0.15) is 0 Å². The minimum absolute atomic E-state index is 0.299. The predicted octanol–water partition coefficient (Wildman–Crippen LogP) is 3.15. The summed E-state index contributed by atoms with van der Waals surface area (Å²) in [5, 5.41) is 0. The molecule has 0 aliphatic carbocycles. The summed E-state index contributed by atoms with van der Waals surface area (Å²) in [6.45, 7) is 9.78. The molecule has 0 bridgehead atoms. The van der Waals surface area contributed by atoms with Crippen molar-refractivity contribution in [3.05, 3.63) is 0 Å². The van der Waals surface area contributed by atoms with Gasteiger partial charge in [-0.1, -0.05) is 11.9 Å². The Balaban J connectivity index is 5.13. The van der Waals surface area contributed by atoms with Gasteiger partial charge in [-0.3, -0.25) is 4.72 Å². The molecule has 0 radical (unpaired) electrons. The Hall–Kier alpha value is -1.44. The van der Waals surface area contributed by atoms with Crippen LogP contribution >= 0.6 is 11.9 Å². The molecule has 7 nitrogen and oxygen atoms in total. The smallest absolute Gasteiger partial charge is 0.428 e. The van der Waals surface area contributed by atoms with E-state index < -0.39 is 29.4 Å². The van der Waals surface area contributed by atoms with Crippen LogP contribution in [0.4, 0.5) is 14.4 Å². The van der Waals surface area contributed by atoms with Crippen LogP contribution in [0.2, 0.25) is 0 Å². The van der Waals surface area contributed by atoms with E-state index in [1.165, 1.54) is 0 Å². The summed E-state index contributed by atoms with van der Waals surface area (Å²) in [6, 6.07) is -0.916. The summed E-state index contributed by atoms with van der Waals surface area (Å²) in [7, 11) is 0. The van der Waals surface area contributed by atoms with Gasteiger partial charge < -0.3 is 9.47 Å². The van der Waals surface area contributed by atoms with Crippen molar-refractivity contribution in [2.24, 2.45) is 0 Å². The van der Waals surface area contributed by atoms with Crippen LogP contribution in [0.25, 0.3) is 0 Å². The summed E-state index contributed by atoms with van der Waals surface area (Å²) in [4.78, 5) is 36.0. The molecule has 0 rings (SSSR count). The Morgan fingerprint density at radius 1 is 0.900 bits per heavy atom. The number of carbonyl (C=O) groups excluding carboxylic acids is 3. The van der Waals surface area contributed by atoms with Gasteiger partial charge in [0.15, 0.2) is 0 Å². The number of ether oxygens (including phenoxy) is 2. The van der Waals surface area contributed by atoms with Crippen molar-refractivity contribution in [1.29, 1.82) is 0 Å². The number of rotatable bonds is 1. The normalized spacial score (nSPS) is 11.6. The fraction of sp³-hybridized carbons (Fsp3) is 0.750. The third-order valence-corrected chi connectivity index (χ3v) is 1.92. The van der Waals surface area contributed by atoms with E-state index in [1.807, 2.05) is 0 Å². The number of carbonyl (C=O) groups is 3. The third kappa shape index (κ3) is 7.22. The van der Waals surface area contributed by atoms with Crippen LogP contribution in [0.15, 0.2) is 0 Å². The molecule has 0 saturated heterocycles. The van der Waals surface area contributed by atoms with Crippen molar-refractivity contribution in [3.63, 3.8) is 0 Å². The Bertz CT molecular complexity index is 356. The van der Waals surface area contributed by atoms with Crippen LogP contribution in [0.1, 0.15) is 41.5 Å². The van der Waals surface area contributed by atoms with Crippen LogP contribution in [-0.2, 0) is 9.47 Å². The number of nitrogens with zero attached hydrogens (tertiary/aromatic N) is 1. The standard InChI is InChI=1S/C12H22N2O5S/c1-11(2,3)18-9(16)14(8(15)13-20-7)10(17)19-12(4,5)6/h1-7H3,(H,13,15). The zero-order chi connectivity index (χ0) is 16.1. The van der Waals surface area contributed by atoms with Gasteiger partial charge in [0.25, 0.3) is 0 Å². The maximum atomic E-state index is 11.9. The van der Waals surface area contributed by atoms with E-state index in [2.05, 4.69) is 4.72 Å². The maximum absolute atomic E-state index is 11.9. The Morgan fingerprint density at radius 3 is 1.50 bits per heavy atom. The molecule has 0 heterocycles. The molecule has 0 aliphatic heterocycles. The molecule has 0 aromatic rings. The highest BCUT2D eigenvalue weighted by Crippen LogP contribution is 2.15. The van der Waals surface area contributed by atoms with E-state index in [0.717, 1.165) is 11.9 Å². The lowest BCUT2D eigenvalue weighted by Gasteiger charge is -2.27. The molecule has 0 fully saturated rings. The SMILES string of the molecule is CSNC(=O)N(C(=O)OC(C)(C)C)C(=O)OC(C)(C)C. The molecule has 4 amide bonds. The van der Waals surface area contributed by atoms with Gasteiger partial charge in [0.05, 0.1) is 0 Å². The summed E-state index contributed by atoms with van der Waals surface area (Å²) >= 11 is 0.952. The first kappa shape index (κ1) is 18.6. The van der Waals surface area contributed by atoms with Gasteiger partial charge in [0, 0.05) is 6.26 Å². The molecule has 8 heteroatoms. The molecular formula is C12H22N2O5S. The van der Waals surface area contributed by atoms with Crippen LogP contribution in [0.5, 0.6) is 0 Å². The molecule has 20 heavy (non-hydrogen) atoms. The fourth-order valence-corrected chi connectivity index (χ4v) is 1.25. The third-order valence-electron chi connectivity index (χ3n) is 1.54. The Morgan fingerprint density at radius 2 is 1.25 bits per heavy atom. The molecule has 0 unspecified atom stereocenters. The van der Waals surface area contributed by atoms with Crippen molar-refractivity contribution >= 4 is 30.2 Å². The zero-order valence-corrected chi connectivity index (χ0v) is 13.7. The first-order valence-corrected chi connectivity index (χ1v) is 7.19. The van der Waals surface area contributed by atoms with Crippen molar-refractivity contribution in [2.75, 3.05) is 6.26 Å². The summed E-state index contributed by atoms with van der Waals surface area (Å²) in [5.41, 5.74) is -1.67. The number of urea groups is 1. The van der Waals surface area contributed by atoms with E-state index in [4.69, 9.17) is 9.47 Å². The topological polar surface area (TPSA) is 84.9 Å². The van der Waals surface area contributed by atoms with Crippen LogP contribution in [-0.4, -0.2) is 40.6 Å². The van der Waals surface area contributed by atoms with E-state index in [0.29, 0.717) is 4.90 Å². The number of hydrogen-bond donors (Lipinski definition) is 1. The summed E-state index contributed by atoms with van der Waals surface area (Å²) < 4.78 is 12.3. The van der Waals surface area contributed by atoms with Gasteiger partial charge >= 0.3 is 18.2 Å².